The number of ether oxygens (including phenoxy) is 1. The van der Waals surface area contributed by atoms with E-state index in [4.69, 9.17) is 15.7 Å². The summed E-state index contributed by atoms with van der Waals surface area (Å²) in [5.74, 6) is -0.516. The number of carbonyl (C=O) groups excluding carboxylic acids is 1. The predicted octanol–water partition coefficient (Wildman–Crippen LogP) is 2.66. The minimum absolute atomic E-state index is 0.00596. The molecule has 0 radical (unpaired) electrons. The van der Waals surface area contributed by atoms with Gasteiger partial charge in [0.15, 0.2) is 11.9 Å². The lowest BCUT2D eigenvalue weighted by molar-refractivity contribution is -0.143. The summed E-state index contributed by atoms with van der Waals surface area (Å²) in [6.45, 7) is 0.0423. The lowest BCUT2D eigenvalue weighted by Crippen LogP contribution is -2.50. The summed E-state index contributed by atoms with van der Waals surface area (Å²) in [5.41, 5.74) is 3.92. The Bertz CT molecular complexity index is 1940. The number of hydrogen-bond donors (Lipinski definition) is 3. The normalized spacial score (nSPS) is 16.8. The molecule has 4 N–H and O–H groups in total. The van der Waals surface area contributed by atoms with Gasteiger partial charge in [-0.3, -0.25) is 14.5 Å². The number of aliphatic hydroxyl groups is 1. The molecule has 2 aromatic carbocycles. The molecule has 0 saturated carbocycles. The number of aromatic nitrogens is 5. The van der Waals surface area contributed by atoms with E-state index in [1.54, 1.807) is 12.1 Å². The standard InChI is InChI=1S/C25H17F3N8O4S/c26-25(27,28)14-9-12(2-1-11(14)10-29)36-6-5-16(33-36)35-7-8-40-19(24(35)39)18(37)22-31-15-4-3-13-20(41-34-21(13)30)17(15)23(38)32-22/h1-6,9,18-19,37H,7-8H2,(H2,30,34)(H,31,32,38)/t18-,19-/m1/s1. The number of carbonyl (C=O) groups is 1. The molecule has 12 nitrogen and oxygen atoms in total. The summed E-state index contributed by atoms with van der Waals surface area (Å²) in [5, 5.41) is 25.1. The Morgan fingerprint density at radius 3 is 2.80 bits per heavy atom. The fourth-order valence-electron chi connectivity index (χ4n) is 4.62. The van der Waals surface area contributed by atoms with Crippen molar-refractivity contribution >= 4 is 50.1 Å². The van der Waals surface area contributed by atoms with Crippen LogP contribution in [-0.4, -0.2) is 54.4 Å². The third-order valence-electron chi connectivity index (χ3n) is 6.60. The van der Waals surface area contributed by atoms with Gasteiger partial charge in [0.05, 0.1) is 51.6 Å². The number of nitrogens with one attached hydrogen (secondary N) is 1. The maximum Gasteiger partial charge on any atom is 0.417 e. The van der Waals surface area contributed by atoms with Crippen LogP contribution in [0.1, 0.15) is 23.1 Å². The second-order valence-electron chi connectivity index (χ2n) is 9.04. The fourth-order valence-corrected chi connectivity index (χ4v) is 5.47. The number of H-pyrrole nitrogens is 1. The molecule has 41 heavy (non-hydrogen) atoms. The summed E-state index contributed by atoms with van der Waals surface area (Å²) in [4.78, 5) is 34.3. The number of morpholine rings is 1. The summed E-state index contributed by atoms with van der Waals surface area (Å²) in [6.07, 6.45) is -6.50. The van der Waals surface area contributed by atoms with Crippen LogP contribution in [0, 0.1) is 11.3 Å². The van der Waals surface area contributed by atoms with Crippen LogP contribution in [-0.2, 0) is 15.7 Å². The van der Waals surface area contributed by atoms with E-state index in [9.17, 15) is 27.9 Å². The number of hydrogen-bond acceptors (Lipinski definition) is 10. The summed E-state index contributed by atoms with van der Waals surface area (Å²) in [6, 6.07) is 9.34. The predicted molar refractivity (Wildman–Crippen MR) is 140 cm³/mol. The average Bonchev–Trinajstić information content (AvgIpc) is 3.59. The number of nitrogens with two attached hydrogens (primary N) is 1. The van der Waals surface area contributed by atoms with Crippen LogP contribution in [0.3, 0.4) is 0 Å². The number of anilines is 2. The van der Waals surface area contributed by atoms with Crippen molar-refractivity contribution in [1.82, 2.24) is 24.1 Å². The van der Waals surface area contributed by atoms with Gasteiger partial charge in [-0.2, -0.15) is 27.8 Å². The Hall–Kier alpha value is -4.85. The minimum Gasteiger partial charge on any atom is -0.382 e. The van der Waals surface area contributed by atoms with Gasteiger partial charge >= 0.3 is 6.18 Å². The SMILES string of the molecule is N#Cc1ccc(-n2ccc(N3CCO[C@H]([C@@H](O)c4nc(=O)c5c(ccc6c(N)nsc65)[nH]4)C3=O)n2)cc1C(F)(F)F. The van der Waals surface area contributed by atoms with E-state index in [2.05, 4.69) is 19.4 Å². The number of alkyl halides is 3. The molecule has 0 unspecified atom stereocenters. The number of aliphatic hydroxyl groups excluding tert-OH is 1. The molecule has 1 fully saturated rings. The highest BCUT2D eigenvalue weighted by Crippen LogP contribution is 2.34. The highest BCUT2D eigenvalue weighted by Gasteiger charge is 2.39. The van der Waals surface area contributed by atoms with Gasteiger partial charge in [-0.15, -0.1) is 5.10 Å². The zero-order chi connectivity index (χ0) is 29.1. The molecule has 1 saturated heterocycles. The second-order valence-corrected chi connectivity index (χ2v) is 9.82. The van der Waals surface area contributed by atoms with Crippen molar-refractivity contribution in [3.8, 4) is 11.8 Å². The number of aromatic amines is 1. The van der Waals surface area contributed by atoms with Crippen LogP contribution in [0.5, 0.6) is 0 Å². The third kappa shape index (κ3) is 4.45. The van der Waals surface area contributed by atoms with Gasteiger partial charge in [0.2, 0.25) is 0 Å². The number of rotatable bonds is 4. The molecule has 6 rings (SSSR count). The van der Waals surface area contributed by atoms with Gasteiger partial charge in [-0.1, -0.05) is 0 Å². The van der Waals surface area contributed by atoms with Crippen LogP contribution in [0.25, 0.3) is 26.7 Å². The van der Waals surface area contributed by atoms with Crippen LogP contribution < -0.4 is 16.2 Å². The zero-order valence-corrected chi connectivity index (χ0v) is 21.4. The Balaban J connectivity index is 1.28. The monoisotopic (exact) mass is 582 g/mol. The lowest BCUT2D eigenvalue weighted by Gasteiger charge is -2.32. The number of halogens is 3. The van der Waals surface area contributed by atoms with E-state index in [0.717, 1.165) is 28.3 Å². The van der Waals surface area contributed by atoms with E-state index >= 15 is 0 Å². The molecule has 2 atom stereocenters. The van der Waals surface area contributed by atoms with Crippen molar-refractivity contribution in [2.45, 2.75) is 18.4 Å². The molecule has 1 aliphatic rings. The molecule has 0 spiro atoms. The van der Waals surface area contributed by atoms with Gasteiger partial charge < -0.3 is 20.6 Å². The van der Waals surface area contributed by atoms with Crippen LogP contribution in [0.2, 0.25) is 0 Å². The van der Waals surface area contributed by atoms with E-state index in [0.29, 0.717) is 15.6 Å². The van der Waals surface area contributed by atoms with Crippen LogP contribution in [0.4, 0.5) is 24.8 Å². The van der Waals surface area contributed by atoms with E-state index in [1.807, 2.05) is 0 Å². The summed E-state index contributed by atoms with van der Waals surface area (Å²) < 4.78 is 51.5. The maximum absolute atomic E-state index is 13.4. The van der Waals surface area contributed by atoms with Gasteiger partial charge in [0.1, 0.15) is 17.7 Å². The molecular formula is C25H17F3N8O4S. The van der Waals surface area contributed by atoms with Gasteiger partial charge in [-0.25, -0.2) is 4.68 Å². The Labute approximate surface area is 231 Å². The number of benzene rings is 2. The minimum atomic E-state index is -4.75. The number of amides is 1. The van der Waals surface area contributed by atoms with Gasteiger partial charge in [0, 0.05) is 17.6 Å². The van der Waals surface area contributed by atoms with Crippen molar-refractivity contribution in [1.29, 1.82) is 5.26 Å². The molecule has 208 valence electrons. The Kier molecular flexibility index (Phi) is 6.21. The highest BCUT2D eigenvalue weighted by molar-refractivity contribution is 7.14. The first-order chi connectivity index (χ1) is 19.6. The van der Waals surface area contributed by atoms with Gasteiger partial charge in [0.25, 0.3) is 11.5 Å². The van der Waals surface area contributed by atoms with Crippen molar-refractivity contribution < 1.29 is 27.8 Å². The third-order valence-corrected chi connectivity index (χ3v) is 7.50. The van der Waals surface area contributed by atoms with Gasteiger partial charge in [-0.05, 0) is 41.9 Å². The summed E-state index contributed by atoms with van der Waals surface area (Å²) in [7, 11) is 0. The first-order valence-corrected chi connectivity index (χ1v) is 12.7. The molecule has 3 aromatic heterocycles. The van der Waals surface area contributed by atoms with Crippen molar-refractivity contribution in [3.63, 3.8) is 0 Å². The number of nitrogen functional groups attached to an aromatic ring is 1. The van der Waals surface area contributed by atoms with E-state index < -0.39 is 41.0 Å². The molecular weight excluding hydrogens is 565 g/mol. The highest BCUT2D eigenvalue weighted by atomic mass is 32.1. The Morgan fingerprint density at radius 1 is 1.24 bits per heavy atom. The Morgan fingerprint density at radius 2 is 2.05 bits per heavy atom. The maximum atomic E-state index is 13.4. The second kappa shape index (κ2) is 9.66. The van der Waals surface area contributed by atoms with Crippen LogP contribution >= 0.6 is 11.5 Å². The first-order valence-electron chi connectivity index (χ1n) is 11.9. The first kappa shape index (κ1) is 26.4. The quantitative estimate of drug-likeness (QED) is 0.288. The number of fused-ring (bicyclic) bond motifs is 3. The van der Waals surface area contributed by atoms with Crippen molar-refractivity contribution in [2.75, 3.05) is 23.8 Å². The van der Waals surface area contributed by atoms with Crippen LogP contribution in [0.15, 0.2) is 47.4 Å². The van der Waals surface area contributed by atoms with Crippen molar-refractivity contribution in [2.24, 2.45) is 0 Å². The topological polar surface area (TPSA) is 176 Å². The number of nitrogens with zero attached hydrogens (tertiary/aromatic N) is 6. The molecule has 5 aromatic rings. The lowest BCUT2D eigenvalue weighted by atomic mass is 10.1. The van der Waals surface area contributed by atoms with E-state index in [-0.39, 0.29) is 41.7 Å². The molecule has 4 heterocycles. The smallest absolute Gasteiger partial charge is 0.382 e. The zero-order valence-electron chi connectivity index (χ0n) is 20.6. The summed E-state index contributed by atoms with van der Waals surface area (Å²) >= 11 is 1.04. The fraction of sp³-hybridized carbons (Fsp3) is 0.200. The molecule has 1 aliphatic heterocycles. The molecule has 16 heteroatoms. The average molecular weight is 583 g/mol. The molecule has 1 amide bonds. The van der Waals surface area contributed by atoms with Crippen molar-refractivity contribution in [3.05, 3.63) is 69.9 Å². The van der Waals surface area contributed by atoms with E-state index in [1.165, 1.54) is 29.3 Å². The largest absolute Gasteiger partial charge is 0.417 e. The number of nitriles is 1. The molecule has 0 bridgehead atoms. The molecule has 0 aliphatic carbocycles.